The molecule has 1 aromatic rings. The minimum absolute atomic E-state index is 0.0301. The number of phenols is 1. The lowest BCUT2D eigenvalue weighted by Gasteiger charge is -2.17. The van der Waals surface area contributed by atoms with Gasteiger partial charge < -0.3 is 10.8 Å². The largest absolute Gasteiger partial charge is 0.507 e. The van der Waals surface area contributed by atoms with Crippen LogP contribution in [0.1, 0.15) is 25.0 Å². The molecule has 2 nitrogen and oxygen atoms in total. The number of para-hydroxylation sites is 1. The number of phenolic OH excluding ortho intramolecular Hbond substituents is 1. The zero-order valence-electron chi connectivity index (χ0n) is 7.84. The Kier molecular flexibility index (Phi) is 2.57. The Morgan fingerprint density at radius 1 is 1.46 bits per heavy atom. The first-order chi connectivity index (χ1) is 5.96. The molecule has 0 amide bonds. The number of aromatic hydroxyl groups is 1. The van der Waals surface area contributed by atoms with Gasteiger partial charge in [0.15, 0.2) is 0 Å². The van der Waals surface area contributed by atoms with Gasteiger partial charge in [-0.25, -0.2) is 4.39 Å². The van der Waals surface area contributed by atoms with E-state index in [0.717, 1.165) is 0 Å². The number of hydrogen-bond donors (Lipinski definition) is 2. The standard InChI is InChI=1S/C10H14FNO/c1-10(2,11)8-5-3-4-7(6-12)9(8)13/h3-5,13H,6,12H2,1-2H3. The minimum atomic E-state index is -1.53. The summed E-state index contributed by atoms with van der Waals surface area (Å²) >= 11 is 0. The zero-order valence-corrected chi connectivity index (χ0v) is 7.84. The van der Waals surface area contributed by atoms with E-state index in [1.807, 2.05) is 0 Å². The van der Waals surface area contributed by atoms with Gasteiger partial charge in [-0.1, -0.05) is 18.2 Å². The van der Waals surface area contributed by atoms with Crippen LogP contribution in [0.25, 0.3) is 0 Å². The van der Waals surface area contributed by atoms with Crippen LogP contribution < -0.4 is 5.73 Å². The normalized spacial score (nSPS) is 11.7. The Labute approximate surface area is 77.2 Å². The molecule has 0 radical (unpaired) electrons. The van der Waals surface area contributed by atoms with Crippen molar-refractivity contribution in [1.29, 1.82) is 0 Å². The molecule has 0 spiro atoms. The SMILES string of the molecule is CC(C)(F)c1cccc(CN)c1O. The summed E-state index contributed by atoms with van der Waals surface area (Å²) in [6, 6.07) is 4.94. The van der Waals surface area contributed by atoms with Gasteiger partial charge in [0.1, 0.15) is 11.4 Å². The van der Waals surface area contributed by atoms with Crippen molar-refractivity contribution in [3.63, 3.8) is 0 Å². The van der Waals surface area contributed by atoms with E-state index in [1.165, 1.54) is 13.8 Å². The Morgan fingerprint density at radius 3 is 2.54 bits per heavy atom. The van der Waals surface area contributed by atoms with Gasteiger partial charge in [0, 0.05) is 17.7 Å². The van der Waals surface area contributed by atoms with Gasteiger partial charge in [-0.05, 0) is 13.8 Å². The maximum atomic E-state index is 13.5. The number of rotatable bonds is 2. The first-order valence-corrected chi connectivity index (χ1v) is 4.17. The molecule has 0 aromatic heterocycles. The number of benzene rings is 1. The van der Waals surface area contributed by atoms with Crippen LogP contribution in [0.4, 0.5) is 4.39 Å². The van der Waals surface area contributed by atoms with Crippen molar-refractivity contribution in [2.75, 3.05) is 0 Å². The summed E-state index contributed by atoms with van der Waals surface area (Å²) < 4.78 is 13.5. The molecule has 0 saturated heterocycles. The van der Waals surface area contributed by atoms with Crippen molar-refractivity contribution in [3.05, 3.63) is 29.3 Å². The van der Waals surface area contributed by atoms with Gasteiger partial charge in [0.2, 0.25) is 0 Å². The molecule has 0 aliphatic rings. The molecule has 0 unspecified atom stereocenters. The van der Waals surface area contributed by atoms with Crippen molar-refractivity contribution in [3.8, 4) is 5.75 Å². The summed E-state index contributed by atoms with van der Waals surface area (Å²) in [5.74, 6) is -0.0301. The predicted octanol–water partition coefficient (Wildman–Crippen LogP) is 2.06. The molecular weight excluding hydrogens is 169 g/mol. The Hall–Kier alpha value is -1.09. The quantitative estimate of drug-likeness (QED) is 0.737. The molecule has 0 atom stereocenters. The predicted molar refractivity (Wildman–Crippen MR) is 50.1 cm³/mol. The third kappa shape index (κ3) is 1.98. The maximum Gasteiger partial charge on any atom is 0.134 e. The van der Waals surface area contributed by atoms with Crippen molar-refractivity contribution in [2.24, 2.45) is 5.73 Å². The van der Waals surface area contributed by atoms with E-state index in [1.54, 1.807) is 18.2 Å². The molecule has 0 saturated carbocycles. The van der Waals surface area contributed by atoms with Crippen LogP contribution in [0.2, 0.25) is 0 Å². The van der Waals surface area contributed by atoms with E-state index >= 15 is 0 Å². The van der Waals surface area contributed by atoms with Gasteiger partial charge in [-0.15, -0.1) is 0 Å². The van der Waals surface area contributed by atoms with E-state index in [9.17, 15) is 9.50 Å². The van der Waals surface area contributed by atoms with E-state index in [0.29, 0.717) is 5.56 Å². The lowest BCUT2D eigenvalue weighted by Crippen LogP contribution is -2.10. The summed E-state index contributed by atoms with van der Waals surface area (Å²) in [6.45, 7) is 3.03. The fourth-order valence-electron chi connectivity index (χ4n) is 1.24. The topological polar surface area (TPSA) is 46.2 Å². The highest BCUT2D eigenvalue weighted by Crippen LogP contribution is 2.33. The van der Waals surface area contributed by atoms with Gasteiger partial charge in [-0.2, -0.15) is 0 Å². The first kappa shape index (κ1) is 9.99. The highest BCUT2D eigenvalue weighted by molar-refractivity contribution is 5.43. The second kappa shape index (κ2) is 3.34. The van der Waals surface area contributed by atoms with Crippen molar-refractivity contribution in [1.82, 2.24) is 0 Å². The highest BCUT2D eigenvalue weighted by atomic mass is 19.1. The molecule has 1 rings (SSSR count). The Bertz CT molecular complexity index is 304. The lowest BCUT2D eigenvalue weighted by atomic mass is 9.96. The van der Waals surface area contributed by atoms with Crippen LogP contribution in [0.3, 0.4) is 0 Å². The maximum absolute atomic E-state index is 13.5. The molecule has 1 aromatic carbocycles. The van der Waals surface area contributed by atoms with E-state index in [4.69, 9.17) is 5.73 Å². The Balaban J connectivity index is 3.24. The summed E-state index contributed by atoms with van der Waals surface area (Å²) in [4.78, 5) is 0. The smallest absolute Gasteiger partial charge is 0.134 e. The average Bonchev–Trinajstić information content (AvgIpc) is 2.02. The van der Waals surface area contributed by atoms with Crippen LogP contribution in [-0.4, -0.2) is 5.11 Å². The van der Waals surface area contributed by atoms with Crippen LogP contribution >= 0.6 is 0 Å². The summed E-state index contributed by atoms with van der Waals surface area (Å²) in [5, 5.41) is 9.60. The summed E-state index contributed by atoms with van der Waals surface area (Å²) in [7, 11) is 0. The Morgan fingerprint density at radius 2 is 2.08 bits per heavy atom. The second-order valence-corrected chi connectivity index (χ2v) is 3.49. The molecule has 0 aliphatic carbocycles. The van der Waals surface area contributed by atoms with Crippen molar-refractivity contribution < 1.29 is 9.50 Å². The molecule has 3 N–H and O–H groups in total. The molecule has 0 aliphatic heterocycles. The van der Waals surface area contributed by atoms with Gasteiger partial charge in [0.05, 0.1) is 0 Å². The molecule has 3 heteroatoms. The van der Waals surface area contributed by atoms with Gasteiger partial charge in [0.25, 0.3) is 0 Å². The molecule has 13 heavy (non-hydrogen) atoms. The number of nitrogens with two attached hydrogens (primary N) is 1. The van der Waals surface area contributed by atoms with Gasteiger partial charge in [-0.3, -0.25) is 0 Å². The monoisotopic (exact) mass is 183 g/mol. The van der Waals surface area contributed by atoms with Gasteiger partial charge >= 0.3 is 0 Å². The van der Waals surface area contributed by atoms with Crippen LogP contribution in [0.5, 0.6) is 5.75 Å². The van der Waals surface area contributed by atoms with Crippen molar-refractivity contribution in [2.45, 2.75) is 26.1 Å². The molecule has 0 fully saturated rings. The number of halogens is 1. The van der Waals surface area contributed by atoms with Crippen molar-refractivity contribution >= 4 is 0 Å². The second-order valence-electron chi connectivity index (χ2n) is 3.49. The minimum Gasteiger partial charge on any atom is -0.507 e. The average molecular weight is 183 g/mol. The molecule has 0 bridgehead atoms. The third-order valence-corrected chi connectivity index (χ3v) is 1.98. The fourth-order valence-corrected chi connectivity index (χ4v) is 1.24. The van der Waals surface area contributed by atoms with Crippen LogP contribution in [-0.2, 0) is 12.2 Å². The van der Waals surface area contributed by atoms with E-state index < -0.39 is 5.67 Å². The van der Waals surface area contributed by atoms with E-state index in [-0.39, 0.29) is 17.9 Å². The molecular formula is C10H14FNO. The van der Waals surface area contributed by atoms with Crippen LogP contribution in [0, 0.1) is 0 Å². The summed E-state index contributed by atoms with van der Waals surface area (Å²) in [6.07, 6.45) is 0. The molecule has 0 heterocycles. The third-order valence-electron chi connectivity index (χ3n) is 1.98. The number of hydrogen-bond acceptors (Lipinski definition) is 2. The zero-order chi connectivity index (χ0) is 10.1. The van der Waals surface area contributed by atoms with E-state index in [2.05, 4.69) is 0 Å². The fraction of sp³-hybridized carbons (Fsp3) is 0.400. The lowest BCUT2D eigenvalue weighted by molar-refractivity contribution is 0.214. The first-order valence-electron chi connectivity index (χ1n) is 4.17. The number of alkyl halides is 1. The molecule has 72 valence electrons. The highest BCUT2D eigenvalue weighted by Gasteiger charge is 2.23. The van der Waals surface area contributed by atoms with Crippen LogP contribution in [0.15, 0.2) is 18.2 Å². The summed E-state index contributed by atoms with van der Waals surface area (Å²) in [5.41, 5.74) is 4.71.